The van der Waals surface area contributed by atoms with Gasteiger partial charge in [0.1, 0.15) is 0 Å². The molecule has 0 bridgehead atoms. The summed E-state index contributed by atoms with van der Waals surface area (Å²) in [7, 11) is 0. The van der Waals surface area contributed by atoms with Crippen LogP contribution in [0.1, 0.15) is 6.42 Å². The van der Waals surface area contributed by atoms with Crippen molar-refractivity contribution in [3.05, 3.63) is 24.5 Å². The first-order valence-electron chi connectivity index (χ1n) is 5.45. The quantitative estimate of drug-likeness (QED) is 0.752. The van der Waals surface area contributed by atoms with Crippen molar-refractivity contribution in [2.24, 2.45) is 5.73 Å². The molecule has 16 heavy (non-hydrogen) atoms. The molecule has 1 aromatic heterocycles. The zero-order chi connectivity index (χ0) is 11.4. The van der Waals surface area contributed by atoms with Crippen molar-refractivity contribution in [3.8, 4) is 0 Å². The van der Waals surface area contributed by atoms with Gasteiger partial charge in [-0.1, -0.05) is 0 Å². The number of anilines is 1. The van der Waals surface area contributed by atoms with E-state index in [1.54, 1.807) is 17.3 Å². The second kappa shape index (κ2) is 4.94. The van der Waals surface area contributed by atoms with Crippen molar-refractivity contribution < 1.29 is 4.79 Å². The van der Waals surface area contributed by atoms with E-state index in [1.165, 1.54) is 0 Å². The number of pyridine rings is 1. The van der Waals surface area contributed by atoms with Gasteiger partial charge < -0.3 is 16.0 Å². The molecule has 2 heterocycles. The molecule has 2 rings (SSSR count). The summed E-state index contributed by atoms with van der Waals surface area (Å²) in [5.74, 6) is 0.0662. The van der Waals surface area contributed by atoms with Gasteiger partial charge in [0, 0.05) is 37.7 Å². The van der Waals surface area contributed by atoms with Crippen molar-refractivity contribution in [3.63, 3.8) is 0 Å². The predicted octanol–water partition coefficient (Wildman–Crippen LogP) is 0.0531. The number of carbonyl (C=O) groups excluding carboxylic acids is 1. The van der Waals surface area contributed by atoms with Crippen molar-refractivity contribution in [1.82, 2.24) is 9.88 Å². The van der Waals surface area contributed by atoms with Gasteiger partial charge in [-0.15, -0.1) is 0 Å². The molecule has 1 aromatic rings. The average molecular weight is 220 g/mol. The lowest BCUT2D eigenvalue weighted by Crippen LogP contribution is -2.36. The predicted molar refractivity (Wildman–Crippen MR) is 61.9 cm³/mol. The van der Waals surface area contributed by atoms with Crippen LogP contribution in [0.3, 0.4) is 0 Å². The monoisotopic (exact) mass is 220 g/mol. The molecule has 0 unspecified atom stereocenters. The molecule has 1 aliphatic heterocycles. The Morgan fingerprint density at radius 2 is 2.25 bits per heavy atom. The molecular formula is C11H16N4O. The molecule has 0 radical (unpaired) electrons. The molecule has 3 N–H and O–H groups in total. The fourth-order valence-corrected chi connectivity index (χ4v) is 1.79. The summed E-state index contributed by atoms with van der Waals surface area (Å²) in [6.45, 7) is 2.22. The van der Waals surface area contributed by atoms with Gasteiger partial charge in [-0.05, 0) is 18.6 Å². The molecule has 1 amide bonds. The summed E-state index contributed by atoms with van der Waals surface area (Å²) in [5.41, 5.74) is 6.65. The van der Waals surface area contributed by atoms with Gasteiger partial charge >= 0.3 is 0 Å². The number of hydrogen-bond donors (Lipinski definition) is 2. The summed E-state index contributed by atoms with van der Waals surface area (Å²) >= 11 is 0. The first kappa shape index (κ1) is 10.9. The van der Waals surface area contributed by atoms with E-state index in [0.29, 0.717) is 6.54 Å². The Morgan fingerprint density at radius 1 is 1.50 bits per heavy atom. The Balaban J connectivity index is 1.75. The minimum atomic E-state index is -0.291. The lowest BCUT2D eigenvalue weighted by molar-refractivity contribution is -0.128. The number of amides is 1. The number of nitrogens with one attached hydrogen (secondary N) is 1. The van der Waals surface area contributed by atoms with Crippen molar-refractivity contribution in [1.29, 1.82) is 0 Å². The zero-order valence-electron chi connectivity index (χ0n) is 9.10. The fraction of sp³-hybridized carbons (Fsp3) is 0.455. The maximum absolute atomic E-state index is 11.5. The van der Waals surface area contributed by atoms with Gasteiger partial charge in [0.2, 0.25) is 5.91 Å². The Bertz CT molecular complexity index is 354. The number of rotatable bonds is 4. The molecule has 5 heteroatoms. The van der Waals surface area contributed by atoms with Crippen LogP contribution in [-0.2, 0) is 4.79 Å². The molecule has 1 atom stereocenters. The summed E-state index contributed by atoms with van der Waals surface area (Å²) in [4.78, 5) is 17.2. The van der Waals surface area contributed by atoms with E-state index in [-0.39, 0.29) is 11.9 Å². The Kier molecular flexibility index (Phi) is 3.36. The lowest BCUT2D eigenvalue weighted by Gasteiger charge is -2.16. The second-order valence-electron chi connectivity index (χ2n) is 3.88. The maximum atomic E-state index is 11.5. The van der Waals surface area contributed by atoms with Gasteiger partial charge in [-0.25, -0.2) is 0 Å². The highest BCUT2D eigenvalue weighted by atomic mass is 16.2. The topological polar surface area (TPSA) is 71.2 Å². The third-order valence-corrected chi connectivity index (χ3v) is 2.73. The van der Waals surface area contributed by atoms with Crippen LogP contribution in [-0.4, -0.2) is 41.5 Å². The number of likely N-dealkylation sites (tertiary alicyclic amines) is 1. The van der Waals surface area contributed by atoms with E-state index in [0.717, 1.165) is 25.2 Å². The molecule has 0 spiro atoms. The van der Waals surface area contributed by atoms with Gasteiger partial charge in [0.25, 0.3) is 0 Å². The molecule has 5 nitrogen and oxygen atoms in total. The van der Waals surface area contributed by atoms with Crippen molar-refractivity contribution in [2.75, 3.05) is 25.0 Å². The van der Waals surface area contributed by atoms with Crippen LogP contribution in [0.15, 0.2) is 24.5 Å². The van der Waals surface area contributed by atoms with Crippen LogP contribution in [0.5, 0.6) is 0 Å². The minimum absolute atomic E-state index is 0.0662. The highest BCUT2D eigenvalue weighted by Crippen LogP contribution is 2.08. The fourth-order valence-electron chi connectivity index (χ4n) is 1.79. The van der Waals surface area contributed by atoms with Crippen molar-refractivity contribution in [2.45, 2.75) is 12.5 Å². The Hall–Kier alpha value is -1.62. The summed E-state index contributed by atoms with van der Waals surface area (Å²) in [5, 5.41) is 3.23. The van der Waals surface area contributed by atoms with Crippen molar-refractivity contribution >= 4 is 11.6 Å². The van der Waals surface area contributed by atoms with Gasteiger partial charge in [-0.3, -0.25) is 9.78 Å². The van der Waals surface area contributed by atoms with Crippen LogP contribution >= 0.6 is 0 Å². The summed E-state index contributed by atoms with van der Waals surface area (Å²) < 4.78 is 0. The summed E-state index contributed by atoms with van der Waals surface area (Å²) in [6.07, 6.45) is 4.24. The number of carbonyl (C=O) groups is 1. The van der Waals surface area contributed by atoms with Crippen LogP contribution in [0, 0.1) is 0 Å². The molecule has 86 valence electrons. The average Bonchev–Trinajstić information content (AvgIpc) is 2.62. The molecule has 1 aliphatic rings. The highest BCUT2D eigenvalue weighted by Gasteiger charge is 2.27. The van der Waals surface area contributed by atoms with Crippen LogP contribution < -0.4 is 11.1 Å². The minimum Gasteiger partial charge on any atom is -0.383 e. The molecule has 0 aliphatic carbocycles. The van der Waals surface area contributed by atoms with E-state index in [1.807, 2.05) is 12.1 Å². The van der Waals surface area contributed by atoms with Gasteiger partial charge in [0.05, 0.1) is 6.04 Å². The Morgan fingerprint density at radius 3 is 2.88 bits per heavy atom. The van der Waals surface area contributed by atoms with Gasteiger partial charge in [-0.2, -0.15) is 0 Å². The first-order chi connectivity index (χ1) is 7.77. The second-order valence-corrected chi connectivity index (χ2v) is 3.88. The molecule has 0 saturated carbocycles. The zero-order valence-corrected chi connectivity index (χ0v) is 9.10. The number of nitrogens with two attached hydrogens (primary N) is 1. The van der Waals surface area contributed by atoms with E-state index < -0.39 is 0 Å². The molecule has 1 saturated heterocycles. The van der Waals surface area contributed by atoms with E-state index in [2.05, 4.69) is 10.3 Å². The van der Waals surface area contributed by atoms with E-state index in [9.17, 15) is 4.79 Å². The van der Waals surface area contributed by atoms with Crippen LogP contribution in [0.2, 0.25) is 0 Å². The Labute approximate surface area is 94.6 Å². The van der Waals surface area contributed by atoms with Crippen LogP contribution in [0.25, 0.3) is 0 Å². The third kappa shape index (κ3) is 2.49. The van der Waals surface area contributed by atoms with Crippen LogP contribution in [0.4, 0.5) is 5.69 Å². The SMILES string of the molecule is N[C@H]1CCN(CCNc2ccncc2)C1=O. The molecule has 0 aromatic carbocycles. The number of nitrogens with zero attached hydrogens (tertiary/aromatic N) is 2. The third-order valence-electron chi connectivity index (χ3n) is 2.73. The van der Waals surface area contributed by atoms with E-state index >= 15 is 0 Å². The largest absolute Gasteiger partial charge is 0.383 e. The summed E-state index contributed by atoms with van der Waals surface area (Å²) in [6, 6.07) is 3.51. The maximum Gasteiger partial charge on any atom is 0.239 e. The number of hydrogen-bond acceptors (Lipinski definition) is 4. The highest BCUT2D eigenvalue weighted by molar-refractivity contribution is 5.83. The first-order valence-corrected chi connectivity index (χ1v) is 5.45. The number of aromatic nitrogens is 1. The standard InChI is InChI=1S/C11H16N4O/c12-10-3-7-15(11(10)16)8-6-14-9-1-4-13-5-2-9/h1-2,4-5,10H,3,6-8,12H2,(H,13,14)/t10-/m0/s1. The smallest absolute Gasteiger partial charge is 0.239 e. The molecule has 1 fully saturated rings. The normalized spacial score (nSPS) is 20.2. The molecular weight excluding hydrogens is 204 g/mol. The van der Waals surface area contributed by atoms with Gasteiger partial charge in [0.15, 0.2) is 0 Å². The lowest BCUT2D eigenvalue weighted by atomic mass is 10.3. The van der Waals surface area contributed by atoms with E-state index in [4.69, 9.17) is 5.73 Å².